The standard InChI is InChI=1S/C7H9N3O2/c11-7(12)4-9-3-6-1-2-8-5-10-6/h1-2,5,9H,3-4H2,(H,11,12). The lowest BCUT2D eigenvalue weighted by atomic mass is 10.4. The highest BCUT2D eigenvalue weighted by Gasteiger charge is 1.95. The predicted molar refractivity (Wildman–Crippen MR) is 41.4 cm³/mol. The molecule has 12 heavy (non-hydrogen) atoms. The van der Waals surface area contributed by atoms with Crippen LogP contribution in [0.3, 0.4) is 0 Å². The molecule has 0 atom stereocenters. The first-order chi connectivity index (χ1) is 5.79. The zero-order valence-electron chi connectivity index (χ0n) is 6.40. The SMILES string of the molecule is O=C(O)CNCc1ccncn1. The van der Waals surface area contributed by atoms with Crippen LogP contribution in [0.25, 0.3) is 0 Å². The van der Waals surface area contributed by atoms with Crippen LogP contribution in [-0.2, 0) is 11.3 Å². The highest BCUT2D eigenvalue weighted by Crippen LogP contribution is 1.88. The van der Waals surface area contributed by atoms with E-state index in [4.69, 9.17) is 5.11 Å². The first-order valence-corrected chi connectivity index (χ1v) is 3.46. The Labute approximate surface area is 69.5 Å². The molecule has 0 aliphatic rings. The van der Waals surface area contributed by atoms with E-state index in [2.05, 4.69) is 15.3 Å². The van der Waals surface area contributed by atoms with E-state index in [1.807, 2.05) is 0 Å². The number of rotatable bonds is 4. The molecule has 2 N–H and O–H groups in total. The van der Waals surface area contributed by atoms with Crippen LogP contribution < -0.4 is 5.32 Å². The fraction of sp³-hybridized carbons (Fsp3) is 0.286. The van der Waals surface area contributed by atoms with Crippen molar-refractivity contribution in [2.45, 2.75) is 6.54 Å². The van der Waals surface area contributed by atoms with Crippen LogP contribution in [-0.4, -0.2) is 27.6 Å². The minimum Gasteiger partial charge on any atom is -0.480 e. The van der Waals surface area contributed by atoms with Gasteiger partial charge in [0.15, 0.2) is 0 Å². The first kappa shape index (κ1) is 8.61. The molecule has 1 aromatic rings. The van der Waals surface area contributed by atoms with Crippen molar-refractivity contribution in [3.8, 4) is 0 Å². The number of hydrogen-bond acceptors (Lipinski definition) is 4. The molecule has 0 saturated carbocycles. The van der Waals surface area contributed by atoms with E-state index in [-0.39, 0.29) is 6.54 Å². The van der Waals surface area contributed by atoms with E-state index in [9.17, 15) is 4.79 Å². The third kappa shape index (κ3) is 3.07. The topological polar surface area (TPSA) is 75.1 Å². The summed E-state index contributed by atoms with van der Waals surface area (Å²) < 4.78 is 0. The molecule has 1 heterocycles. The highest BCUT2D eigenvalue weighted by molar-refractivity contribution is 5.68. The van der Waals surface area contributed by atoms with Crippen molar-refractivity contribution < 1.29 is 9.90 Å². The summed E-state index contributed by atoms with van der Waals surface area (Å²) in [6, 6.07) is 1.73. The zero-order chi connectivity index (χ0) is 8.81. The monoisotopic (exact) mass is 167 g/mol. The number of carbonyl (C=O) groups is 1. The summed E-state index contributed by atoms with van der Waals surface area (Å²) in [6.07, 6.45) is 3.04. The lowest BCUT2D eigenvalue weighted by Crippen LogP contribution is -2.22. The summed E-state index contributed by atoms with van der Waals surface area (Å²) in [4.78, 5) is 17.7. The van der Waals surface area contributed by atoms with Gasteiger partial charge in [0, 0.05) is 12.7 Å². The van der Waals surface area contributed by atoms with Crippen molar-refractivity contribution in [2.75, 3.05) is 6.54 Å². The van der Waals surface area contributed by atoms with Crippen LogP contribution in [0.4, 0.5) is 0 Å². The Kier molecular flexibility index (Phi) is 3.16. The number of carboxylic acid groups (broad SMARTS) is 1. The van der Waals surface area contributed by atoms with Crippen LogP contribution in [0.2, 0.25) is 0 Å². The normalized spacial score (nSPS) is 9.67. The third-order valence-corrected chi connectivity index (χ3v) is 1.23. The van der Waals surface area contributed by atoms with Crippen LogP contribution in [0, 0.1) is 0 Å². The van der Waals surface area contributed by atoms with Gasteiger partial charge in [-0.2, -0.15) is 0 Å². The molecule has 0 unspecified atom stereocenters. The average Bonchev–Trinajstić information content (AvgIpc) is 2.05. The van der Waals surface area contributed by atoms with Crippen LogP contribution in [0.15, 0.2) is 18.6 Å². The Morgan fingerprint density at radius 1 is 1.67 bits per heavy atom. The molecule has 0 spiro atoms. The summed E-state index contributed by atoms with van der Waals surface area (Å²) in [5.41, 5.74) is 0.784. The van der Waals surface area contributed by atoms with Crippen molar-refractivity contribution in [2.24, 2.45) is 0 Å². The molecular weight excluding hydrogens is 158 g/mol. The molecular formula is C7H9N3O2. The van der Waals surface area contributed by atoms with Crippen LogP contribution in [0.5, 0.6) is 0 Å². The fourth-order valence-electron chi connectivity index (χ4n) is 0.720. The van der Waals surface area contributed by atoms with Crippen molar-refractivity contribution in [1.82, 2.24) is 15.3 Å². The molecule has 0 bridgehead atoms. The largest absolute Gasteiger partial charge is 0.480 e. The second-order valence-corrected chi connectivity index (χ2v) is 2.20. The minimum atomic E-state index is -0.871. The third-order valence-electron chi connectivity index (χ3n) is 1.23. The van der Waals surface area contributed by atoms with Crippen LogP contribution in [0.1, 0.15) is 5.69 Å². The van der Waals surface area contributed by atoms with Crippen molar-refractivity contribution in [1.29, 1.82) is 0 Å². The summed E-state index contributed by atoms with van der Waals surface area (Å²) in [5.74, 6) is -0.871. The molecule has 0 amide bonds. The molecule has 0 aliphatic heterocycles. The molecule has 0 aliphatic carbocycles. The van der Waals surface area contributed by atoms with Gasteiger partial charge < -0.3 is 10.4 Å². The van der Waals surface area contributed by atoms with E-state index in [1.165, 1.54) is 6.33 Å². The van der Waals surface area contributed by atoms with Crippen LogP contribution >= 0.6 is 0 Å². The molecule has 0 saturated heterocycles. The molecule has 0 fully saturated rings. The van der Waals surface area contributed by atoms with Gasteiger partial charge in [0.1, 0.15) is 6.33 Å². The Hall–Kier alpha value is -1.49. The molecule has 64 valence electrons. The lowest BCUT2D eigenvalue weighted by molar-refractivity contribution is -0.135. The van der Waals surface area contributed by atoms with E-state index in [0.717, 1.165) is 5.69 Å². The maximum Gasteiger partial charge on any atom is 0.317 e. The lowest BCUT2D eigenvalue weighted by Gasteiger charge is -1.98. The van der Waals surface area contributed by atoms with E-state index in [0.29, 0.717) is 6.54 Å². The Morgan fingerprint density at radius 2 is 2.50 bits per heavy atom. The zero-order valence-corrected chi connectivity index (χ0v) is 6.40. The van der Waals surface area contributed by atoms with Gasteiger partial charge in [-0.25, -0.2) is 9.97 Å². The van der Waals surface area contributed by atoms with Gasteiger partial charge >= 0.3 is 5.97 Å². The van der Waals surface area contributed by atoms with E-state index in [1.54, 1.807) is 12.3 Å². The number of nitrogens with one attached hydrogen (secondary N) is 1. The number of aromatic nitrogens is 2. The minimum absolute atomic E-state index is 0.0516. The van der Waals surface area contributed by atoms with Crippen molar-refractivity contribution in [3.05, 3.63) is 24.3 Å². The number of hydrogen-bond donors (Lipinski definition) is 2. The predicted octanol–water partition coefficient (Wildman–Crippen LogP) is -0.349. The molecule has 1 rings (SSSR count). The molecule has 0 radical (unpaired) electrons. The summed E-state index contributed by atoms with van der Waals surface area (Å²) in [7, 11) is 0. The van der Waals surface area contributed by atoms with Crippen molar-refractivity contribution in [3.63, 3.8) is 0 Å². The number of nitrogens with zero attached hydrogens (tertiary/aromatic N) is 2. The summed E-state index contributed by atoms with van der Waals surface area (Å²) in [5, 5.41) is 11.0. The van der Waals surface area contributed by atoms with E-state index < -0.39 is 5.97 Å². The Balaban J connectivity index is 2.29. The van der Waals surface area contributed by atoms with Gasteiger partial charge in [-0.1, -0.05) is 0 Å². The Morgan fingerprint density at radius 3 is 3.08 bits per heavy atom. The van der Waals surface area contributed by atoms with Gasteiger partial charge in [-0.15, -0.1) is 0 Å². The number of carboxylic acids is 1. The second kappa shape index (κ2) is 4.40. The smallest absolute Gasteiger partial charge is 0.317 e. The molecule has 1 aromatic heterocycles. The molecule has 5 nitrogen and oxygen atoms in total. The van der Waals surface area contributed by atoms with Gasteiger partial charge in [0.25, 0.3) is 0 Å². The summed E-state index contributed by atoms with van der Waals surface area (Å²) >= 11 is 0. The summed E-state index contributed by atoms with van der Waals surface area (Å²) in [6.45, 7) is 0.402. The van der Waals surface area contributed by atoms with Gasteiger partial charge in [0.2, 0.25) is 0 Å². The van der Waals surface area contributed by atoms with Gasteiger partial charge in [-0.3, -0.25) is 4.79 Å². The second-order valence-electron chi connectivity index (χ2n) is 2.20. The van der Waals surface area contributed by atoms with E-state index >= 15 is 0 Å². The number of aliphatic carboxylic acids is 1. The molecule has 0 aromatic carbocycles. The molecule has 5 heteroatoms. The maximum absolute atomic E-state index is 10.1. The first-order valence-electron chi connectivity index (χ1n) is 3.46. The highest BCUT2D eigenvalue weighted by atomic mass is 16.4. The quantitative estimate of drug-likeness (QED) is 0.641. The fourth-order valence-corrected chi connectivity index (χ4v) is 0.720. The average molecular weight is 167 g/mol. The van der Waals surface area contributed by atoms with Crippen molar-refractivity contribution >= 4 is 5.97 Å². The maximum atomic E-state index is 10.1. The Bertz CT molecular complexity index is 250. The van der Waals surface area contributed by atoms with Gasteiger partial charge in [0.05, 0.1) is 12.2 Å². The van der Waals surface area contributed by atoms with Gasteiger partial charge in [-0.05, 0) is 6.07 Å².